The van der Waals surface area contributed by atoms with Gasteiger partial charge in [0.2, 0.25) is 11.8 Å². The average molecular weight is 326 g/mol. The van der Waals surface area contributed by atoms with Crippen LogP contribution in [0.1, 0.15) is 6.42 Å². The molecule has 0 bridgehead atoms. The second-order valence-electron chi connectivity index (χ2n) is 5.46. The highest BCUT2D eigenvalue weighted by molar-refractivity contribution is 7.98. The summed E-state index contributed by atoms with van der Waals surface area (Å²) in [5.74, 6) is -0.425. The average Bonchev–Trinajstić information content (AvgIpc) is 2.98. The number of nitrogens with one attached hydrogen (secondary N) is 1. The third kappa shape index (κ3) is 3.56. The summed E-state index contributed by atoms with van der Waals surface area (Å²) in [5.41, 5.74) is 1.61. The highest BCUT2D eigenvalue weighted by Gasteiger charge is 2.35. The molecule has 1 fully saturated rings. The normalized spacial score (nSPS) is 17.3. The molecule has 1 saturated heterocycles. The van der Waals surface area contributed by atoms with Crippen molar-refractivity contribution in [2.24, 2.45) is 5.92 Å². The zero-order valence-corrected chi connectivity index (χ0v) is 13.7. The lowest BCUT2D eigenvalue weighted by Crippen LogP contribution is -2.28. The van der Waals surface area contributed by atoms with Crippen molar-refractivity contribution in [3.05, 3.63) is 54.6 Å². The van der Waals surface area contributed by atoms with Crippen molar-refractivity contribution < 1.29 is 9.59 Å². The predicted molar refractivity (Wildman–Crippen MR) is 93.8 cm³/mol. The lowest BCUT2D eigenvalue weighted by Gasteiger charge is -2.17. The van der Waals surface area contributed by atoms with Crippen molar-refractivity contribution in [2.75, 3.05) is 23.0 Å². The van der Waals surface area contributed by atoms with Crippen LogP contribution in [-0.2, 0) is 9.59 Å². The van der Waals surface area contributed by atoms with Crippen LogP contribution in [-0.4, -0.2) is 24.6 Å². The molecule has 0 aromatic heterocycles. The largest absolute Gasteiger partial charge is 0.326 e. The second kappa shape index (κ2) is 6.87. The first kappa shape index (κ1) is 15.6. The van der Waals surface area contributed by atoms with E-state index in [-0.39, 0.29) is 24.2 Å². The van der Waals surface area contributed by atoms with E-state index in [1.165, 1.54) is 0 Å². The minimum atomic E-state index is -0.317. The van der Waals surface area contributed by atoms with Gasteiger partial charge in [0.1, 0.15) is 0 Å². The molecular formula is C18H18N2O2S. The maximum atomic E-state index is 12.3. The van der Waals surface area contributed by atoms with Crippen LogP contribution in [0.15, 0.2) is 59.5 Å². The van der Waals surface area contributed by atoms with Crippen molar-refractivity contribution in [3.63, 3.8) is 0 Å². The summed E-state index contributed by atoms with van der Waals surface area (Å²) < 4.78 is 0. The summed E-state index contributed by atoms with van der Waals surface area (Å²) >= 11 is 1.66. The molecule has 0 unspecified atom stereocenters. The summed E-state index contributed by atoms with van der Waals surface area (Å²) in [5, 5.41) is 2.87. The first-order valence-corrected chi connectivity index (χ1v) is 8.70. The van der Waals surface area contributed by atoms with E-state index in [0.717, 1.165) is 16.3 Å². The third-order valence-electron chi connectivity index (χ3n) is 3.92. The molecule has 0 aliphatic carbocycles. The summed E-state index contributed by atoms with van der Waals surface area (Å²) in [6.07, 6.45) is 2.27. The number of hydrogen-bond donors (Lipinski definition) is 1. The number of hydrogen-bond acceptors (Lipinski definition) is 3. The smallest absolute Gasteiger partial charge is 0.229 e. The molecule has 1 atom stereocenters. The fraction of sp³-hybridized carbons (Fsp3) is 0.222. The Morgan fingerprint density at radius 3 is 2.48 bits per heavy atom. The number of para-hydroxylation sites is 1. The van der Waals surface area contributed by atoms with Gasteiger partial charge in [0.05, 0.1) is 5.92 Å². The van der Waals surface area contributed by atoms with Crippen LogP contribution < -0.4 is 10.2 Å². The standard InChI is InChI=1S/C18H18N2O2S/c1-23-16-9-7-15(8-10-16)20-12-13(11-17(20)21)18(22)19-14-5-3-2-4-6-14/h2-10,13H,11-12H2,1H3,(H,19,22)/t13-/m1/s1. The molecule has 118 valence electrons. The molecule has 5 heteroatoms. The molecule has 1 aliphatic heterocycles. The number of carbonyl (C=O) groups excluding carboxylic acids is 2. The fourth-order valence-corrected chi connectivity index (χ4v) is 3.07. The summed E-state index contributed by atoms with van der Waals surface area (Å²) in [4.78, 5) is 27.4. The van der Waals surface area contributed by atoms with Crippen LogP contribution in [0.2, 0.25) is 0 Å². The van der Waals surface area contributed by atoms with E-state index < -0.39 is 0 Å². The summed E-state index contributed by atoms with van der Waals surface area (Å²) in [7, 11) is 0. The van der Waals surface area contributed by atoms with E-state index in [4.69, 9.17) is 0 Å². The minimum absolute atomic E-state index is 0.00452. The Balaban J connectivity index is 1.67. The van der Waals surface area contributed by atoms with Crippen LogP contribution in [0.3, 0.4) is 0 Å². The van der Waals surface area contributed by atoms with E-state index in [9.17, 15) is 9.59 Å². The fourth-order valence-electron chi connectivity index (χ4n) is 2.66. The van der Waals surface area contributed by atoms with Crippen molar-refractivity contribution in [3.8, 4) is 0 Å². The van der Waals surface area contributed by atoms with Crippen LogP contribution in [0.4, 0.5) is 11.4 Å². The third-order valence-corrected chi connectivity index (χ3v) is 4.66. The van der Waals surface area contributed by atoms with Gasteiger partial charge in [0, 0.05) is 29.2 Å². The van der Waals surface area contributed by atoms with Crippen molar-refractivity contribution in [1.29, 1.82) is 0 Å². The molecule has 2 aromatic carbocycles. The topological polar surface area (TPSA) is 49.4 Å². The molecule has 2 amide bonds. The van der Waals surface area contributed by atoms with Gasteiger partial charge in [-0.05, 0) is 42.7 Å². The van der Waals surface area contributed by atoms with Crippen molar-refractivity contribution in [1.82, 2.24) is 0 Å². The van der Waals surface area contributed by atoms with E-state index in [0.29, 0.717) is 6.54 Å². The van der Waals surface area contributed by atoms with Gasteiger partial charge in [-0.15, -0.1) is 11.8 Å². The van der Waals surface area contributed by atoms with Crippen LogP contribution in [0.5, 0.6) is 0 Å². The van der Waals surface area contributed by atoms with Gasteiger partial charge in [-0.2, -0.15) is 0 Å². The molecular weight excluding hydrogens is 308 g/mol. The number of anilines is 2. The van der Waals surface area contributed by atoms with E-state index in [1.54, 1.807) is 16.7 Å². The number of amides is 2. The molecule has 23 heavy (non-hydrogen) atoms. The number of benzene rings is 2. The van der Waals surface area contributed by atoms with Gasteiger partial charge in [-0.25, -0.2) is 0 Å². The maximum Gasteiger partial charge on any atom is 0.229 e. The van der Waals surface area contributed by atoms with E-state index in [1.807, 2.05) is 60.9 Å². The second-order valence-corrected chi connectivity index (χ2v) is 6.34. The van der Waals surface area contributed by atoms with Gasteiger partial charge >= 0.3 is 0 Å². The number of rotatable bonds is 4. The van der Waals surface area contributed by atoms with Crippen molar-refractivity contribution in [2.45, 2.75) is 11.3 Å². The predicted octanol–water partition coefficient (Wildman–Crippen LogP) is 3.40. The number of nitrogens with zero attached hydrogens (tertiary/aromatic N) is 1. The Hall–Kier alpha value is -2.27. The maximum absolute atomic E-state index is 12.3. The highest BCUT2D eigenvalue weighted by Crippen LogP contribution is 2.27. The Morgan fingerprint density at radius 2 is 1.83 bits per heavy atom. The van der Waals surface area contributed by atoms with Gasteiger partial charge in [-0.3, -0.25) is 9.59 Å². The Kier molecular flexibility index (Phi) is 4.67. The van der Waals surface area contributed by atoms with E-state index >= 15 is 0 Å². The molecule has 0 saturated carbocycles. The van der Waals surface area contributed by atoms with Crippen LogP contribution in [0.25, 0.3) is 0 Å². The lowest BCUT2D eigenvalue weighted by atomic mass is 10.1. The zero-order valence-electron chi connectivity index (χ0n) is 12.9. The highest BCUT2D eigenvalue weighted by atomic mass is 32.2. The van der Waals surface area contributed by atoms with Gasteiger partial charge < -0.3 is 10.2 Å². The van der Waals surface area contributed by atoms with Gasteiger partial charge in [0.15, 0.2) is 0 Å². The van der Waals surface area contributed by atoms with E-state index in [2.05, 4.69) is 5.32 Å². The minimum Gasteiger partial charge on any atom is -0.326 e. The quantitative estimate of drug-likeness (QED) is 0.876. The first-order valence-electron chi connectivity index (χ1n) is 7.47. The molecule has 2 aromatic rings. The Labute approximate surface area is 139 Å². The molecule has 0 radical (unpaired) electrons. The lowest BCUT2D eigenvalue weighted by molar-refractivity contribution is -0.122. The summed E-state index contributed by atoms with van der Waals surface area (Å²) in [6.45, 7) is 0.427. The molecule has 0 spiro atoms. The zero-order chi connectivity index (χ0) is 16.2. The number of thioether (sulfide) groups is 1. The monoisotopic (exact) mass is 326 g/mol. The van der Waals surface area contributed by atoms with Gasteiger partial charge in [0.25, 0.3) is 0 Å². The first-order chi connectivity index (χ1) is 11.2. The Bertz CT molecular complexity index is 701. The SMILES string of the molecule is CSc1ccc(N2C[C@H](C(=O)Nc3ccccc3)CC2=O)cc1. The molecule has 3 rings (SSSR count). The summed E-state index contributed by atoms with van der Waals surface area (Å²) in [6, 6.07) is 17.2. The van der Waals surface area contributed by atoms with Gasteiger partial charge in [-0.1, -0.05) is 18.2 Å². The number of carbonyl (C=O) groups is 2. The molecule has 1 heterocycles. The van der Waals surface area contributed by atoms with Crippen molar-refractivity contribution >= 4 is 35.0 Å². The Morgan fingerprint density at radius 1 is 1.13 bits per heavy atom. The van der Waals surface area contributed by atoms with Crippen LogP contribution >= 0.6 is 11.8 Å². The molecule has 4 nitrogen and oxygen atoms in total. The molecule has 1 aliphatic rings. The molecule has 1 N–H and O–H groups in total. The van der Waals surface area contributed by atoms with Crippen LogP contribution in [0, 0.1) is 5.92 Å².